The minimum absolute atomic E-state index is 0.0373. The smallest absolute Gasteiger partial charge is 0.227 e. The molecule has 17 heavy (non-hydrogen) atoms. The molecule has 0 heterocycles. The third kappa shape index (κ3) is 3.47. The standard InChI is InChI=1S/C14H24N2O/c1-4-5-12(3)16-13(17)14(10-15)8-6-11(2)7-9-14/h1,11-12H,5-10,15H2,2-3H3,(H,16,17). The highest BCUT2D eigenvalue weighted by molar-refractivity contribution is 5.83. The average Bonchev–Trinajstić information content (AvgIpc) is 2.30. The molecular formula is C14H24N2O. The van der Waals surface area contributed by atoms with Gasteiger partial charge in [0.1, 0.15) is 0 Å². The molecule has 1 amide bonds. The number of terminal acetylenes is 1. The van der Waals surface area contributed by atoms with Gasteiger partial charge in [0.25, 0.3) is 0 Å². The zero-order chi connectivity index (χ0) is 12.9. The maximum atomic E-state index is 12.3. The van der Waals surface area contributed by atoms with Crippen LogP contribution < -0.4 is 11.1 Å². The maximum Gasteiger partial charge on any atom is 0.227 e. The first-order valence-corrected chi connectivity index (χ1v) is 6.48. The number of carbonyl (C=O) groups is 1. The molecule has 3 N–H and O–H groups in total. The van der Waals surface area contributed by atoms with Crippen LogP contribution in [0, 0.1) is 23.7 Å². The molecule has 0 aromatic carbocycles. The highest BCUT2D eigenvalue weighted by atomic mass is 16.2. The predicted octanol–water partition coefficient (Wildman–Crippen LogP) is 1.67. The zero-order valence-electron chi connectivity index (χ0n) is 11.0. The van der Waals surface area contributed by atoms with E-state index < -0.39 is 0 Å². The minimum atomic E-state index is -0.352. The molecule has 1 atom stereocenters. The van der Waals surface area contributed by atoms with Crippen LogP contribution in [-0.4, -0.2) is 18.5 Å². The van der Waals surface area contributed by atoms with Crippen molar-refractivity contribution >= 4 is 5.91 Å². The van der Waals surface area contributed by atoms with Crippen molar-refractivity contribution in [2.24, 2.45) is 17.1 Å². The summed E-state index contributed by atoms with van der Waals surface area (Å²) in [6.07, 6.45) is 9.80. The first kappa shape index (κ1) is 14.1. The van der Waals surface area contributed by atoms with E-state index >= 15 is 0 Å². The van der Waals surface area contributed by atoms with Crippen LogP contribution in [0.5, 0.6) is 0 Å². The van der Waals surface area contributed by atoms with Crippen molar-refractivity contribution in [2.75, 3.05) is 6.54 Å². The van der Waals surface area contributed by atoms with E-state index in [1.165, 1.54) is 0 Å². The van der Waals surface area contributed by atoms with Gasteiger partial charge in [-0.25, -0.2) is 0 Å². The summed E-state index contributed by atoms with van der Waals surface area (Å²) in [7, 11) is 0. The van der Waals surface area contributed by atoms with Crippen molar-refractivity contribution in [3.05, 3.63) is 0 Å². The molecule has 1 rings (SSSR count). The Morgan fingerprint density at radius 1 is 1.59 bits per heavy atom. The summed E-state index contributed by atoms with van der Waals surface area (Å²) in [5.41, 5.74) is 5.48. The Labute approximate surface area is 105 Å². The lowest BCUT2D eigenvalue weighted by Crippen LogP contribution is -2.50. The first-order valence-electron chi connectivity index (χ1n) is 6.48. The molecule has 1 fully saturated rings. The van der Waals surface area contributed by atoms with E-state index in [9.17, 15) is 4.79 Å². The molecule has 0 radical (unpaired) electrons. The molecule has 0 saturated heterocycles. The van der Waals surface area contributed by atoms with Crippen LogP contribution in [0.2, 0.25) is 0 Å². The highest BCUT2D eigenvalue weighted by Gasteiger charge is 2.39. The van der Waals surface area contributed by atoms with Crippen LogP contribution in [0.3, 0.4) is 0 Å². The number of hydrogen-bond acceptors (Lipinski definition) is 2. The Bertz CT molecular complexity index is 298. The highest BCUT2D eigenvalue weighted by Crippen LogP contribution is 2.38. The van der Waals surface area contributed by atoms with E-state index in [4.69, 9.17) is 12.2 Å². The molecule has 3 heteroatoms. The van der Waals surface area contributed by atoms with Crippen molar-refractivity contribution in [1.82, 2.24) is 5.32 Å². The number of hydrogen-bond donors (Lipinski definition) is 2. The molecule has 1 aliphatic carbocycles. The van der Waals surface area contributed by atoms with E-state index in [0.29, 0.717) is 18.9 Å². The second-order valence-corrected chi connectivity index (χ2v) is 5.45. The van der Waals surface area contributed by atoms with Crippen LogP contribution in [0.15, 0.2) is 0 Å². The molecule has 0 aromatic rings. The Morgan fingerprint density at radius 2 is 2.18 bits per heavy atom. The topological polar surface area (TPSA) is 55.1 Å². The Hall–Kier alpha value is -1.01. The van der Waals surface area contributed by atoms with Crippen molar-refractivity contribution in [3.8, 4) is 12.3 Å². The average molecular weight is 236 g/mol. The van der Waals surface area contributed by atoms with E-state index in [0.717, 1.165) is 25.7 Å². The van der Waals surface area contributed by atoms with E-state index in [-0.39, 0.29) is 17.4 Å². The SMILES string of the molecule is C#CCC(C)NC(=O)C1(CN)CCC(C)CC1. The summed E-state index contributed by atoms with van der Waals surface area (Å²) < 4.78 is 0. The second kappa shape index (κ2) is 6.07. The van der Waals surface area contributed by atoms with Gasteiger partial charge in [0.05, 0.1) is 5.41 Å². The fourth-order valence-electron chi connectivity index (χ4n) is 2.44. The van der Waals surface area contributed by atoms with Gasteiger partial charge in [-0.15, -0.1) is 12.3 Å². The molecular weight excluding hydrogens is 212 g/mol. The largest absolute Gasteiger partial charge is 0.352 e. The van der Waals surface area contributed by atoms with E-state index in [1.54, 1.807) is 0 Å². The second-order valence-electron chi connectivity index (χ2n) is 5.45. The number of nitrogens with one attached hydrogen (secondary N) is 1. The predicted molar refractivity (Wildman–Crippen MR) is 70.2 cm³/mol. The molecule has 0 spiro atoms. The lowest BCUT2D eigenvalue weighted by molar-refractivity contribution is -0.133. The van der Waals surface area contributed by atoms with Gasteiger partial charge in [-0.3, -0.25) is 4.79 Å². The van der Waals surface area contributed by atoms with Gasteiger partial charge in [-0.05, 0) is 38.5 Å². The Morgan fingerprint density at radius 3 is 2.65 bits per heavy atom. The number of carbonyl (C=O) groups excluding carboxylic acids is 1. The van der Waals surface area contributed by atoms with Crippen LogP contribution in [0.4, 0.5) is 0 Å². The van der Waals surface area contributed by atoms with Crippen molar-refractivity contribution in [2.45, 2.75) is 52.0 Å². The molecule has 3 nitrogen and oxygen atoms in total. The lowest BCUT2D eigenvalue weighted by atomic mass is 9.70. The maximum absolute atomic E-state index is 12.3. The molecule has 0 aromatic heterocycles. The van der Waals surface area contributed by atoms with Crippen LogP contribution in [0.25, 0.3) is 0 Å². The van der Waals surface area contributed by atoms with Crippen LogP contribution >= 0.6 is 0 Å². The first-order chi connectivity index (χ1) is 8.04. The Balaban J connectivity index is 2.61. The molecule has 0 bridgehead atoms. The van der Waals surface area contributed by atoms with Gasteiger partial charge in [0.2, 0.25) is 5.91 Å². The molecule has 1 unspecified atom stereocenters. The van der Waals surface area contributed by atoms with Crippen molar-refractivity contribution < 1.29 is 4.79 Å². The molecule has 0 aliphatic heterocycles. The summed E-state index contributed by atoms with van der Waals surface area (Å²) in [6.45, 7) is 4.61. The van der Waals surface area contributed by atoms with Gasteiger partial charge in [-0.2, -0.15) is 0 Å². The van der Waals surface area contributed by atoms with Crippen molar-refractivity contribution in [3.63, 3.8) is 0 Å². The number of amides is 1. The number of nitrogens with two attached hydrogens (primary N) is 1. The molecule has 96 valence electrons. The van der Waals surface area contributed by atoms with Gasteiger partial charge < -0.3 is 11.1 Å². The van der Waals surface area contributed by atoms with E-state index in [2.05, 4.69) is 18.2 Å². The summed E-state index contributed by atoms with van der Waals surface area (Å²) >= 11 is 0. The van der Waals surface area contributed by atoms with Gasteiger partial charge in [0.15, 0.2) is 0 Å². The third-order valence-corrected chi connectivity index (χ3v) is 3.91. The lowest BCUT2D eigenvalue weighted by Gasteiger charge is -2.37. The number of rotatable bonds is 4. The molecule has 1 saturated carbocycles. The fraction of sp³-hybridized carbons (Fsp3) is 0.786. The van der Waals surface area contributed by atoms with Gasteiger partial charge >= 0.3 is 0 Å². The molecule has 1 aliphatic rings. The van der Waals surface area contributed by atoms with Crippen LogP contribution in [0.1, 0.15) is 46.0 Å². The minimum Gasteiger partial charge on any atom is -0.352 e. The normalized spacial score (nSPS) is 30.4. The summed E-state index contributed by atoms with van der Waals surface area (Å²) in [5, 5.41) is 3.00. The quantitative estimate of drug-likeness (QED) is 0.730. The fourth-order valence-corrected chi connectivity index (χ4v) is 2.44. The third-order valence-electron chi connectivity index (χ3n) is 3.91. The van der Waals surface area contributed by atoms with Crippen molar-refractivity contribution in [1.29, 1.82) is 0 Å². The van der Waals surface area contributed by atoms with Gasteiger partial charge in [-0.1, -0.05) is 6.92 Å². The summed E-state index contributed by atoms with van der Waals surface area (Å²) in [6, 6.07) is 0.0373. The zero-order valence-corrected chi connectivity index (χ0v) is 11.0. The van der Waals surface area contributed by atoms with Gasteiger partial charge in [0, 0.05) is 19.0 Å². The monoisotopic (exact) mass is 236 g/mol. The van der Waals surface area contributed by atoms with E-state index in [1.807, 2.05) is 6.92 Å². The summed E-state index contributed by atoms with van der Waals surface area (Å²) in [5.74, 6) is 3.37. The van der Waals surface area contributed by atoms with Crippen LogP contribution in [-0.2, 0) is 4.79 Å². The summed E-state index contributed by atoms with van der Waals surface area (Å²) in [4.78, 5) is 12.3. The Kier molecular flexibility index (Phi) is 5.02.